The lowest BCUT2D eigenvalue weighted by molar-refractivity contribution is -0.157. The second-order valence-corrected chi connectivity index (χ2v) is 7.92. The van der Waals surface area contributed by atoms with Crippen LogP contribution in [-0.4, -0.2) is 36.7 Å². The molecular formula is C22H24N2O4S. The first kappa shape index (κ1) is 20.9. The lowest BCUT2D eigenvalue weighted by Crippen LogP contribution is -2.33. The molecule has 2 aromatic carbocycles. The maximum atomic E-state index is 12.5. The minimum Gasteiger partial charge on any atom is -0.452 e. The second-order valence-electron chi connectivity index (χ2n) is 7.04. The summed E-state index contributed by atoms with van der Waals surface area (Å²) in [6, 6.07) is 15.0. The number of carbonyl (C=O) groups is 3. The monoisotopic (exact) mass is 412 g/mol. The molecule has 0 aliphatic carbocycles. The molecule has 2 amide bonds. The number of hydrogen-bond donors (Lipinski definition) is 1. The van der Waals surface area contributed by atoms with E-state index in [9.17, 15) is 14.4 Å². The Kier molecular flexibility index (Phi) is 6.59. The molecule has 152 valence electrons. The van der Waals surface area contributed by atoms with Gasteiger partial charge in [0.15, 0.2) is 6.10 Å². The van der Waals surface area contributed by atoms with E-state index in [-0.39, 0.29) is 18.9 Å². The maximum absolute atomic E-state index is 12.5. The van der Waals surface area contributed by atoms with Crippen LogP contribution in [0.2, 0.25) is 0 Å². The van der Waals surface area contributed by atoms with E-state index in [0.717, 1.165) is 16.1 Å². The fraction of sp³-hybridized carbons (Fsp3) is 0.318. The van der Waals surface area contributed by atoms with Gasteiger partial charge in [-0.15, -0.1) is 11.8 Å². The highest BCUT2D eigenvalue weighted by molar-refractivity contribution is 7.98. The summed E-state index contributed by atoms with van der Waals surface area (Å²) in [5, 5.41) is 2.73. The Balaban J connectivity index is 1.58. The molecule has 1 heterocycles. The van der Waals surface area contributed by atoms with Crippen LogP contribution in [0.25, 0.3) is 0 Å². The molecule has 29 heavy (non-hydrogen) atoms. The number of anilines is 2. The number of hydrogen-bond acceptors (Lipinski definition) is 5. The third-order valence-corrected chi connectivity index (χ3v) is 5.53. The molecule has 3 rings (SSSR count). The normalized spacial score (nSPS) is 17.1. The van der Waals surface area contributed by atoms with E-state index < -0.39 is 23.9 Å². The van der Waals surface area contributed by atoms with Crippen molar-refractivity contribution in [3.8, 4) is 0 Å². The third kappa shape index (κ3) is 5.17. The summed E-state index contributed by atoms with van der Waals surface area (Å²) in [4.78, 5) is 39.9. The molecule has 7 heteroatoms. The van der Waals surface area contributed by atoms with E-state index in [0.29, 0.717) is 5.69 Å². The Labute approximate surface area is 174 Å². The van der Waals surface area contributed by atoms with Gasteiger partial charge in [0.1, 0.15) is 0 Å². The van der Waals surface area contributed by atoms with Crippen molar-refractivity contribution in [3.63, 3.8) is 0 Å². The Morgan fingerprint density at radius 3 is 2.62 bits per heavy atom. The fourth-order valence-electron chi connectivity index (χ4n) is 3.10. The van der Waals surface area contributed by atoms with E-state index >= 15 is 0 Å². The fourth-order valence-corrected chi connectivity index (χ4v) is 3.55. The second kappa shape index (κ2) is 9.13. The predicted molar refractivity (Wildman–Crippen MR) is 114 cm³/mol. The summed E-state index contributed by atoms with van der Waals surface area (Å²) in [6.07, 6.45) is 1.09. The molecule has 0 radical (unpaired) electrons. The minimum atomic E-state index is -0.951. The van der Waals surface area contributed by atoms with Gasteiger partial charge in [0.25, 0.3) is 5.91 Å². The SMILES string of the molecule is CSc1cccc(N2C[C@H](C(=O)O[C@@H](C)C(=O)Nc3ccc(C)cc3)CC2=O)c1. The predicted octanol–water partition coefficient (Wildman–Crippen LogP) is 3.64. The van der Waals surface area contributed by atoms with Crippen molar-refractivity contribution in [2.45, 2.75) is 31.3 Å². The molecule has 1 saturated heterocycles. The summed E-state index contributed by atoms with van der Waals surface area (Å²) in [7, 11) is 0. The lowest BCUT2D eigenvalue weighted by Gasteiger charge is -2.18. The number of rotatable bonds is 6. The van der Waals surface area contributed by atoms with Gasteiger partial charge < -0.3 is 15.0 Å². The van der Waals surface area contributed by atoms with Crippen molar-refractivity contribution in [3.05, 3.63) is 54.1 Å². The molecule has 0 saturated carbocycles. The first-order chi connectivity index (χ1) is 13.9. The molecule has 0 unspecified atom stereocenters. The van der Waals surface area contributed by atoms with Crippen LogP contribution in [-0.2, 0) is 19.1 Å². The van der Waals surface area contributed by atoms with Crippen LogP contribution in [0.4, 0.5) is 11.4 Å². The smallest absolute Gasteiger partial charge is 0.312 e. The van der Waals surface area contributed by atoms with Gasteiger partial charge in [0.05, 0.1) is 5.92 Å². The van der Waals surface area contributed by atoms with Crippen molar-refractivity contribution < 1.29 is 19.1 Å². The topological polar surface area (TPSA) is 75.7 Å². The number of amides is 2. The molecule has 0 aromatic heterocycles. The van der Waals surface area contributed by atoms with Gasteiger partial charge in [-0.05, 0) is 50.4 Å². The number of nitrogens with one attached hydrogen (secondary N) is 1. The molecule has 0 bridgehead atoms. The molecule has 2 aromatic rings. The Morgan fingerprint density at radius 1 is 1.21 bits per heavy atom. The number of esters is 1. The van der Waals surface area contributed by atoms with Crippen molar-refractivity contribution in [2.75, 3.05) is 23.0 Å². The zero-order valence-corrected chi connectivity index (χ0v) is 17.5. The molecule has 1 N–H and O–H groups in total. The molecule has 6 nitrogen and oxygen atoms in total. The highest BCUT2D eigenvalue weighted by Gasteiger charge is 2.37. The lowest BCUT2D eigenvalue weighted by atomic mass is 10.1. The van der Waals surface area contributed by atoms with E-state index in [1.807, 2.05) is 49.6 Å². The van der Waals surface area contributed by atoms with Crippen LogP contribution in [0.3, 0.4) is 0 Å². The van der Waals surface area contributed by atoms with Gasteiger partial charge in [0.2, 0.25) is 5.91 Å². The van der Waals surface area contributed by atoms with Gasteiger partial charge in [-0.3, -0.25) is 14.4 Å². The third-order valence-electron chi connectivity index (χ3n) is 4.80. The molecule has 0 spiro atoms. The number of aryl methyl sites for hydroxylation is 1. The van der Waals surface area contributed by atoms with Crippen molar-refractivity contribution in [1.82, 2.24) is 0 Å². The first-order valence-corrected chi connectivity index (χ1v) is 10.6. The Morgan fingerprint density at radius 2 is 1.93 bits per heavy atom. The minimum absolute atomic E-state index is 0.0780. The van der Waals surface area contributed by atoms with Gasteiger partial charge in [-0.1, -0.05) is 23.8 Å². The van der Waals surface area contributed by atoms with E-state index in [1.165, 1.54) is 6.92 Å². The van der Waals surface area contributed by atoms with E-state index in [2.05, 4.69) is 5.32 Å². The highest BCUT2D eigenvalue weighted by Crippen LogP contribution is 2.29. The summed E-state index contributed by atoms with van der Waals surface area (Å²) in [5.74, 6) is -1.65. The summed E-state index contributed by atoms with van der Waals surface area (Å²) < 4.78 is 5.34. The van der Waals surface area contributed by atoms with E-state index in [1.54, 1.807) is 28.8 Å². The largest absolute Gasteiger partial charge is 0.452 e. The van der Waals surface area contributed by atoms with Gasteiger partial charge in [0, 0.05) is 29.2 Å². The van der Waals surface area contributed by atoms with Crippen LogP contribution in [0.5, 0.6) is 0 Å². The molecular weight excluding hydrogens is 388 g/mol. The van der Waals surface area contributed by atoms with Gasteiger partial charge in [-0.2, -0.15) is 0 Å². The highest BCUT2D eigenvalue weighted by atomic mass is 32.2. The van der Waals surface area contributed by atoms with Crippen LogP contribution >= 0.6 is 11.8 Å². The average molecular weight is 413 g/mol. The quantitative estimate of drug-likeness (QED) is 0.579. The summed E-state index contributed by atoms with van der Waals surface area (Å²) >= 11 is 1.59. The zero-order chi connectivity index (χ0) is 21.0. The maximum Gasteiger partial charge on any atom is 0.312 e. The van der Waals surface area contributed by atoms with Crippen molar-refractivity contribution >= 4 is 40.9 Å². The van der Waals surface area contributed by atoms with Crippen molar-refractivity contribution in [2.24, 2.45) is 5.92 Å². The van der Waals surface area contributed by atoms with E-state index in [4.69, 9.17) is 4.74 Å². The van der Waals surface area contributed by atoms with Crippen molar-refractivity contribution in [1.29, 1.82) is 0 Å². The molecule has 1 aliphatic heterocycles. The first-order valence-electron chi connectivity index (χ1n) is 9.40. The standard InChI is InChI=1S/C22H24N2O4S/c1-14-7-9-17(10-8-14)23-21(26)15(2)28-22(27)16-11-20(25)24(13-16)18-5-4-6-19(12-18)29-3/h4-10,12,15-16H,11,13H2,1-3H3,(H,23,26)/t15-,16+/m0/s1. The molecule has 1 aliphatic rings. The summed E-state index contributed by atoms with van der Waals surface area (Å²) in [6.45, 7) is 3.74. The van der Waals surface area contributed by atoms with Gasteiger partial charge >= 0.3 is 5.97 Å². The average Bonchev–Trinajstić information content (AvgIpc) is 3.11. The van der Waals surface area contributed by atoms with Crippen LogP contribution in [0, 0.1) is 12.8 Å². The number of carbonyl (C=O) groups excluding carboxylic acids is 3. The Hall–Kier alpha value is -2.80. The van der Waals surface area contributed by atoms with Crippen LogP contribution < -0.4 is 10.2 Å². The summed E-state index contributed by atoms with van der Waals surface area (Å²) in [5.41, 5.74) is 2.49. The number of nitrogens with zero attached hydrogens (tertiary/aromatic N) is 1. The van der Waals surface area contributed by atoms with Gasteiger partial charge in [-0.25, -0.2) is 0 Å². The van der Waals surface area contributed by atoms with Crippen LogP contribution in [0.15, 0.2) is 53.4 Å². The number of thioether (sulfide) groups is 1. The number of ether oxygens (including phenoxy) is 1. The molecule has 2 atom stereocenters. The van der Waals surface area contributed by atoms with Crippen LogP contribution in [0.1, 0.15) is 18.9 Å². The number of benzene rings is 2. The Bertz CT molecular complexity index is 913. The molecule has 1 fully saturated rings. The zero-order valence-electron chi connectivity index (χ0n) is 16.7.